The molecule has 0 fully saturated rings. The Kier molecular flexibility index (Phi) is 2.96. The number of nitrogens with two attached hydrogens (primary N) is 1. The van der Waals surface area contributed by atoms with Gasteiger partial charge >= 0.3 is 0 Å². The molecule has 0 unspecified atom stereocenters. The molecular formula is C14H20N2O. The van der Waals surface area contributed by atoms with E-state index in [4.69, 9.17) is 10.2 Å². The fourth-order valence-corrected chi connectivity index (χ4v) is 1.96. The van der Waals surface area contributed by atoms with Gasteiger partial charge in [-0.3, -0.25) is 0 Å². The molecule has 92 valence electrons. The van der Waals surface area contributed by atoms with E-state index in [0.29, 0.717) is 0 Å². The predicted molar refractivity (Wildman–Crippen MR) is 70.1 cm³/mol. The molecule has 0 atom stereocenters. The fraction of sp³-hybridized carbons (Fsp3) is 0.500. The van der Waals surface area contributed by atoms with E-state index in [2.05, 4.69) is 31.0 Å². The smallest absolute Gasteiger partial charge is 0.195 e. The van der Waals surface area contributed by atoms with Gasteiger partial charge in [0.25, 0.3) is 0 Å². The molecule has 1 aromatic heterocycles. The van der Waals surface area contributed by atoms with Crippen molar-refractivity contribution >= 4 is 11.1 Å². The van der Waals surface area contributed by atoms with E-state index in [-0.39, 0.29) is 5.54 Å². The average Bonchev–Trinajstić information content (AvgIpc) is 2.56. The number of hydrogen-bond donors (Lipinski definition) is 1. The van der Waals surface area contributed by atoms with Gasteiger partial charge in [0.05, 0.1) is 0 Å². The topological polar surface area (TPSA) is 52.0 Å². The zero-order chi connectivity index (χ0) is 12.6. The number of fused-ring (bicyclic) bond motifs is 1. The van der Waals surface area contributed by atoms with Crippen molar-refractivity contribution in [1.29, 1.82) is 0 Å². The second-order valence-electron chi connectivity index (χ2n) is 5.53. The highest BCUT2D eigenvalue weighted by atomic mass is 16.3. The number of aryl methyl sites for hydroxylation is 3. The van der Waals surface area contributed by atoms with Crippen LogP contribution in [0, 0.1) is 13.8 Å². The quantitative estimate of drug-likeness (QED) is 0.884. The van der Waals surface area contributed by atoms with Crippen molar-refractivity contribution in [3.05, 3.63) is 29.2 Å². The molecular weight excluding hydrogens is 212 g/mol. The molecule has 0 aliphatic rings. The van der Waals surface area contributed by atoms with Crippen LogP contribution in [-0.2, 0) is 6.42 Å². The molecule has 0 spiro atoms. The molecule has 0 bridgehead atoms. The van der Waals surface area contributed by atoms with Crippen LogP contribution in [0.2, 0.25) is 0 Å². The van der Waals surface area contributed by atoms with Crippen LogP contribution in [0.5, 0.6) is 0 Å². The second-order valence-corrected chi connectivity index (χ2v) is 5.53. The maximum Gasteiger partial charge on any atom is 0.195 e. The number of hydrogen-bond acceptors (Lipinski definition) is 3. The zero-order valence-corrected chi connectivity index (χ0v) is 11.0. The van der Waals surface area contributed by atoms with Crippen LogP contribution in [0.3, 0.4) is 0 Å². The molecule has 0 radical (unpaired) electrons. The van der Waals surface area contributed by atoms with E-state index in [0.717, 1.165) is 35.4 Å². The lowest BCUT2D eigenvalue weighted by atomic mass is 10.0. The van der Waals surface area contributed by atoms with Crippen LogP contribution < -0.4 is 5.73 Å². The minimum atomic E-state index is -0.175. The van der Waals surface area contributed by atoms with Crippen LogP contribution in [0.15, 0.2) is 16.5 Å². The maximum absolute atomic E-state index is 5.96. The van der Waals surface area contributed by atoms with E-state index in [9.17, 15) is 0 Å². The fourth-order valence-electron chi connectivity index (χ4n) is 1.96. The number of aromatic nitrogens is 1. The molecule has 0 amide bonds. The van der Waals surface area contributed by atoms with Gasteiger partial charge in [-0.1, -0.05) is 6.07 Å². The summed E-state index contributed by atoms with van der Waals surface area (Å²) in [7, 11) is 0. The predicted octanol–water partition coefficient (Wildman–Crippen LogP) is 3.11. The van der Waals surface area contributed by atoms with Crippen molar-refractivity contribution in [2.75, 3.05) is 0 Å². The van der Waals surface area contributed by atoms with Crippen molar-refractivity contribution in [3.8, 4) is 0 Å². The summed E-state index contributed by atoms with van der Waals surface area (Å²) >= 11 is 0. The Morgan fingerprint density at radius 1 is 1.29 bits per heavy atom. The molecule has 1 aromatic carbocycles. The maximum atomic E-state index is 5.96. The van der Waals surface area contributed by atoms with Gasteiger partial charge in [-0.05, 0) is 51.3 Å². The summed E-state index contributed by atoms with van der Waals surface area (Å²) in [6.45, 7) is 8.16. The Hall–Kier alpha value is -1.35. The lowest BCUT2D eigenvalue weighted by molar-refractivity contribution is 0.434. The Balaban J connectivity index is 2.29. The lowest BCUT2D eigenvalue weighted by Crippen LogP contribution is -2.32. The number of nitrogens with zero attached hydrogens (tertiary/aromatic N) is 1. The first-order valence-electron chi connectivity index (χ1n) is 6.01. The first-order valence-corrected chi connectivity index (χ1v) is 6.01. The third kappa shape index (κ3) is 2.86. The van der Waals surface area contributed by atoms with Crippen molar-refractivity contribution in [3.63, 3.8) is 0 Å². The van der Waals surface area contributed by atoms with Crippen molar-refractivity contribution in [2.24, 2.45) is 5.73 Å². The molecule has 1 heterocycles. The summed E-state index contributed by atoms with van der Waals surface area (Å²) in [6.07, 6.45) is 1.66. The number of oxazole rings is 1. The third-order valence-electron chi connectivity index (χ3n) is 2.85. The van der Waals surface area contributed by atoms with Crippen LogP contribution >= 0.6 is 0 Å². The minimum Gasteiger partial charge on any atom is -0.440 e. The Morgan fingerprint density at radius 2 is 2.00 bits per heavy atom. The van der Waals surface area contributed by atoms with E-state index < -0.39 is 0 Å². The van der Waals surface area contributed by atoms with E-state index in [1.165, 1.54) is 5.56 Å². The average molecular weight is 232 g/mol. The summed E-state index contributed by atoms with van der Waals surface area (Å²) in [4.78, 5) is 4.52. The van der Waals surface area contributed by atoms with Gasteiger partial charge in [0.15, 0.2) is 11.5 Å². The summed E-state index contributed by atoms with van der Waals surface area (Å²) in [5.41, 5.74) is 10.0. The summed E-state index contributed by atoms with van der Waals surface area (Å²) in [5.74, 6) is 0.784. The van der Waals surface area contributed by atoms with Gasteiger partial charge in [-0.15, -0.1) is 0 Å². The normalized spacial score (nSPS) is 12.3. The molecule has 2 rings (SSSR count). The summed E-state index contributed by atoms with van der Waals surface area (Å²) in [5, 5.41) is 0. The van der Waals surface area contributed by atoms with Gasteiger partial charge < -0.3 is 10.2 Å². The zero-order valence-electron chi connectivity index (χ0n) is 11.0. The van der Waals surface area contributed by atoms with Crippen LogP contribution in [-0.4, -0.2) is 10.5 Å². The molecule has 0 aliphatic carbocycles. The second kappa shape index (κ2) is 4.15. The molecule has 0 saturated heterocycles. The Bertz CT molecular complexity index is 535. The van der Waals surface area contributed by atoms with Crippen molar-refractivity contribution in [2.45, 2.75) is 46.1 Å². The van der Waals surface area contributed by atoms with Gasteiger partial charge in [-0.2, -0.15) is 0 Å². The first kappa shape index (κ1) is 12.1. The standard InChI is InChI=1S/C14H20N2O/c1-9-7-10(2)13-11(8-9)16-12(17-13)5-6-14(3,4)15/h7-8H,5-6,15H2,1-4H3. The van der Waals surface area contributed by atoms with E-state index in [1.54, 1.807) is 0 Å². The molecule has 0 saturated carbocycles. The molecule has 2 N–H and O–H groups in total. The largest absolute Gasteiger partial charge is 0.440 e. The SMILES string of the molecule is Cc1cc(C)c2oc(CCC(C)(C)N)nc2c1. The van der Waals surface area contributed by atoms with Crippen LogP contribution in [0.25, 0.3) is 11.1 Å². The third-order valence-corrected chi connectivity index (χ3v) is 2.85. The van der Waals surface area contributed by atoms with Gasteiger partial charge in [-0.25, -0.2) is 4.98 Å². The highest BCUT2D eigenvalue weighted by molar-refractivity contribution is 5.77. The molecule has 0 aliphatic heterocycles. The monoisotopic (exact) mass is 232 g/mol. The highest BCUT2D eigenvalue weighted by Crippen LogP contribution is 2.22. The molecule has 3 heteroatoms. The number of benzene rings is 1. The lowest BCUT2D eigenvalue weighted by Gasteiger charge is -2.16. The Labute approximate surface area is 102 Å². The Morgan fingerprint density at radius 3 is 2.65 bits per heavy atom. The van der Waals surface area contributed by atoms with E-state index >= 15 is 0 Å². The summed E-state index contributed by atoms with van der Waals surface area (Å²) < 4.78 is 5.78. The van der Waals surface area contributed by atoms with E-state index in [1.807, 2.05) is 13.8 Å². The molecule has 2 aromatic rings. The van der Waals surface area contributed by atoms with Gasteiger partial charge in [0, 0.05) is 12.0 Å². The highest BCUT2D eigenvalue weighted by Gasteiger charge is 2.14. The van der Waals surface area contributed by atoms with Crippen molar-refractivity contribution in [1.82, 2.24) is 4.98 Å². The molecule has 17 heavy (non-hydrogen) atoms. The molecule has 3 nitrogen and oxygen atoms in total. The van der Waals surface area contributed by atoms with Gasteiger partial charge in [0.2, 0.25) is 0 Å². The van der Waals surface area contributed by atoms with Crippen molar-refractivity contribution < 1.29 is 4.42 Å². The number of rotatable bonds is 3. The minimum absolute atomic E-state index is 0.175. The van der Waals surface area contributed by atoms with Crippen LogP contribution in [0.1, 0.15) is 37.3 Å². The summed E-state index contributed by atoms with van der Waals surface area (Å²) in [6, 6.07) is 4.17. The van der Waals surface area contributed by atoms with Gasteiger partial charge in [0.1, 0.15) is 5.52 Å². The first-order chi connectivity index (χ1) is 7.85. The van der Waals surface area contributed by atoms with Crippen LogP contribution in [0.4, 0.5) is 0 Å².